The van der Waals surface area contributed by atoms with Gasteiger partial charge in [-0.15, -0.1) is 0 Å². The number of hydrogen-bond acceptors (Lipinski definition) is 3. The van der Waals surface area contributed by atoms with Gasteiger partial charge in [-0.1, -0.05) is 38.7 Å². The molecule has 22 heavy (non-hydrogen) atoms. The largest absolute Gasteiger partial charge is 0.481 e. The van der Waals surface area contributed by atoms with E-state index in [-0.39, 0.29) is 12.8 Å². The quantitative estimate of drug-likeness (QED) is 0.379. The molecule has 1 amide bonds. The first-order valence-corrected chi connectivity index (χ1v) is 7.80. The molecule has 1 atom stereocenters. The number of amides is 1. The minimum atomic E-state index is -1.22. The van der Waals surface area contributed by atoms with E-state index in [1.54, 1.807) is 13.0 Å². The number of carboxylic acids is 2. The number of carbonyl (C=O) groups excluding carboxylic acids is 1. The Morgan fingerprint density at radius 1 is 1.09 bits per heavy atom. The van der Waals surface area contributed by atoms with Gasteiger partial charge >= 0.3 is 11.9 Å². The first kappa shape index (κ1) is 20.1. The Kier molecular flexibility index (Phi) is 10.8. The minimum Gasteiger partial charge on any atom is -0.481 e. The Morgan fingerprint density at radius 3 is 2.27 bits per heavy atom. The standard InChI is InChI=1S/C16H27NO5/c1-3-4-5-6-7-8-9-12(2)15(20)17-13(16(21)22)10-11-14(18)19/h9,13H,3-8,10-11H2,1-2H3,(H,17,20)(H,18,19)(H,21,22)/b12-9+. The van der Waals surface area contributed by atoms with Crippen LogP contribution in [0.2, 0.25) is 0 Å². The van der Waals surface area contributed by atoms with E-state index in [2.05, 4.69) is 12.2 Å². The lowest BCUT2D eigenvalue weighted by atomic mass is 10.1. The van der Waals surface area contributed by atoms with Gasteiger partial charge in [0.1, 0.15) is 6.04 Å². The van der Waals surface area contributed by atoms with E-state index in [0.29, 0.717) is 5.57 Å². The second-order valence-corrected chi connectivity index (χ2v) is 5.39. The molecule has 0 aliphatic carbocycles. The maximum atomic E-state index is 11.9. The van der Waals surface area contributed by atoms with Crippen LogP contribution < -0.4 is 5.32 Å². The normalized spacial score (nSPS) is 12.7. The molecule has 1 unspecified atom stereocenters. The molecule has 0 heterocycles. The van der Waals surface area contributed by atoms with Crippen molar-refractivity contribution in [3.63, 3.8) is 0 Å². The van der Waals surface area contributed by atoms with E-state index >= 15 is 0 Å². The lowest BCUT2D eigenvalue weighted by molar-refractivity contribution is -0.142. The number of carbonyl (C=O) groups is 3. The van der Waals surface area contributed by atoms with Crippen molar-refractivity contribution in [2.24, 2.45) is 0 Å². The fourth-order valence-electron chi connectivity index (χ4n) is 1.96. The summed E-state index contributed by atoms with van der Waals surface area (Å²) in [6.07, 6.45) is 7.88. The molecule has 0 rings (SSSR count). The van der Waals surface area contributed by atoms with Crippen LogP contribution >= 0.6 is 0 Å². The Morgan fingerprint density at radius 2 is 1.73 bits per heavy atom. The van der Waals surface area contributed by atoms with Crippen LogP contribution in [-0.4, -0.2) is 34.1 Å². The van der Waals surface area contributed by atoms with Crippen molar-refractivity contribution in [3.05, 3.63) is 11.6 Å². The molecule has 0 aromatic heterocycles. The Labute approximate surface area is 131 Å². The van der Waals surface area contributed by atoms with Gasteiger partial charge in [0, 0.05) is 12.0 Å². The first-order chi connectivity index (χ1) is 10.4. The second-order valence-electron chi connectivity index (χ2n) is 5.39. The third-order valence-corrected chi connectivity index (χ3v) is 3.37. The maximum absolute atomic E-state index is 11.9. The summed E-state index contributed by atoms with van der Waals surface area (Å²) in [5.41, 5.74) is 0.470. The van der Waals surface area contributed by atoms with Crippen molar-refractivity contribution in [1.82, 2.24) is 5.32 Å². The van der Waals surface area contributed by atoms with Gasteiger partial charge < -0.3 is 15.5 Å². The molecule has 3 N–H and O–H groups in total. The lowest BCUT2D eigenvalue weighted by Gasteiger charge is -2.13. The Bertz CT molecular complexity index is 403. The van der Waals surface area contributed by atoms with Gasteiger partial charge in [0.25, 0.3) is 0 Å². The van der Waals surface area contributed by atoms with Gasteiger partial charge in [0.05, 0.1) is 0 Å². The predicted molar refractivity (Wildman–Crippen MR) is 83.6 cm³/mol. The van der Waals surface area contributed by atoms with Crippen molar-refractivity contribution < 1.29 is 24.6 Å². The second kappa shape index (κ2) is 11.8. The average Bonchev–Trinajstić information content (AvgIpc) is 2.45. The van der Waals surface area contributed by atoms with Crippen LogP contribution in [0.3, 0.4) is 0 Å². The molecule has 0 aromatic carbocycles. The van der Waals surface area contributed by atoms with Gasteiger partial charge in [-0.2, -0.15) is 0 Å². The molecule has 0 aliphatic rings. The molecule has 0 fully saturated rings. The molecule has 0 aromatic rings. The molecule has 126 valence electrons. The fourth-order valence-corrected chi connectivity index (χ4v) is 1.96. The highest BCUT2D eigenvalue weighted by Crippen LogP contribution is 2.08. The van der Waals surface area contributed by atoms with Crippen LogP contribution in [0.5, 0.6) is 0 Å². The van der Waals surface area contributed by atoms with E-state index in [4.69, 9.17) is 10.2 Å². The molecular formula is C16H27NO5. The summed E-state index contributed by atoms with van der Waals surface area (Å²) in [5.74, 6) is -2.76. The Balaban J connectivity index is 4.23. The van der Waals surface area contributed by atoms with Gasteiger partial charge in [0.15, 0.2) is 0 Å². The highest BCUT2D eigenvalue weighted by atomic mass is 16.4. The zero-order valence-electron chi connectivity index (χ0n) is 13.4. The molecule has 0 spiro atoms. The summed E-state index contributed by atoms with van der Waals surface area (Å²) in [4.78, 5) is 33.4. The molecule has 0 radical (unpaired) electrons. The zero-order valence-corrected chi connectivity index (χ0v) is 13.4. The van der Waals surface area contributed by atoms with Gasteiger partial charge in [-0.3, -0.25) is 9.59 Å². The van der Waals surface area contributed by atoms with Crippen LogP contribution in [-0.2, 0) is 14.4 Å². The van der Waals surface area contributed by atoms with Gasteiger partial charge in [-0.25, -0.2) is 4.79 Å². The third kappa shape index (κ3) is 9.96. The summed E-state index contributed by atoms with van der Waals surface area (Å²) >= 11 is 0. The molecule has 0 saturated heterocycles. The number of rotatable bonds is 12. The van der Waals surface area contributed by atoms with E-state index in [1.807, 2.05) is 0 Å². The van der Waals surface area contributed by atoms with E-state index in [9.17, 15) is 14.4 Å². The summed E-state index contributed by atoms with van der Waals surface area (Å²) in [5, 5.41) is 19.9. The van der Waals surface area contributed by atoms with Crippen LogP contribution in [0.4, 0.5) is 0 Å². The highest BCUT2D eigenvalue weighted by Gasteiger charge is 2.21. The zero-order chi connectivity index (χ0) is 17.0. The number of hydrogen-bond donors (Lipinski definition) is 3. The van der Waals surface area contributed by atoms with E-state index in [1.165, 1.54) is 19.3 Å². The summed E-state index contributed by atoms with van der Waals surface area (Å²) in [6.45, 7) is 3.79. The number of allylic oxidation sites excluding steroid dienone is 1. The minimum absolute atomic E-state index is 0.124. The van der Waals surface area contributed by atoms with Crippen LogP contribution in [0.1, 0.15) is 65.2 Å². The number of aliphatic carboxylic acids is 2. The smallest absolute Gasteiger partial charge is 0.326 e. The average molecular weight is 313 g/mol. The van der Waals surface area contributed by atoms with Crippen LogP contribution in [0, 0.1) is 0 Å². The number of unbranched alkanes of at least 4 members (excludes halogenated alkanes) is 5. The lowest BCUT2D eigenvalue weighted by Crippen LogP contribution is -2.41. The van der Waals surface area contributed by atoms with Crippen LogP contribution in [0.15, 0.2) is 11.6 Å². The number of carboxylic acid groups (broad SMARTS) is 2. The summed E-state index contributed by atoms with van der Waals surface area (Å²) in [7, 11) is 0. The van der Waals surface area contributed by atoms with Crippen molar-refractivity contribution in [3.8, 4) is 0 Å². The topological polar surface area (TPSA) is 104 Å². The summed E-state index contributed by atoms with van der Waals surface area (Å²) in [6, 6.07) is -1.17. The van der Waals surface area contributed by atoms with Gasteiger partial charge in [-0.05, 0) is 26.2 Å². The third-order valence-electron chi connectivity index (χ3n) is 3.37. The fraction of sp³-hybridized carbons (Fsp3) is 0.688. The molecule has 6 nitrogen and oxygen atoms in total. The number of nitrogens with one attached hydrogen (secondary N) is 1. The van der Waals surface area contributed by atoms with Crippen molar-refractivity contribution in [2.45, 2.75) is 71.3 Å². The predicted octanol–water partition coefficient (Wildman–Crippen LogP) is 2.73. The molecular weight excluding hydrogens is 286 g/mol. The SMILES string of the molecule is CCCCCCC/C=C(\C)C(=O)NC(CCC(=O)O)C(=O)O. The molecule has 0 bridgehead atoms. The van der Waals surface area contributed by atoms with E-state index in [0.717, 1.165) is 19.3 Å². The van der Waals surface area contributed by atoms with Crippen molar-refractivity contribution in [2.75, 3.05) is 0 Å². The van der Waals surface area contributed by atoms with Crippen LogP contribution in [0.25, 0.3) is 0 Å². The molecule has 0 saturated carbocycles. The molecule has 0 aliphatic heterocycles. The Hall–Kier alpha value is -1.85. The summed E-state index contributed by atoms with van der Waals surface area (Å²) < 4.78 is 0. The van der Waals surface area contributed by atoms with Gasteiger partial charge in [0.2, 0.25) is 5.91 Å². The highest BCUT2D eigenvalue weighted by molar-refractivity contribution is 5.95. The monoisotopic (exact) mass is 313 g/mol. The van der Waals surface area contributed by atoms with E-state index < -0.39 is 23.9 Å². The molecule has 6 heteroatoms. The van der Waals surface area contributed by atoms with Crippen molar-refractivity contribution in [1.29, 1.82) is 0 Å². The van der Waals surface area contributed by atoms with Crippen molar-refractivity contribution >= 4 is 17.8 Å². The maximum Gasteiger partial charge on any atom is 0.326 e. The first-order valence-electron chi connectivity index (χ1n) is 7.80.